The average Bonchev–Trinajstić information content (AvgIpc) is 1.25. The molecule has 0 saturated heterocycles. The molecule has 0 radical (unpaired) electrons. The van der Waals surface area contributed by atoms with Gasteiger partial charge in [-0.3, -0.25) is 0 Å². The molecule has 56 valence electrons. The quantitative estimate of drug-likeness (QED) is 0.453. The summed E-state index contributed by atoms with van der Waals surface area (Å²) in [5.41, 5.74) is 0. The topological polar surface area (TPSA) is 121 Å². The second-order valence-corrected chi connectivity index (χ2v) is 0.533. The third kappa shape index (κ3) is 306. The van der Waals surface area contributed by atoms with Gasteiger partial charge in [0.15, 0.2) is 0 Å². The molecule has 0 aromatic rings. The molecule has 2 N–H and O–H groups in total. The van der Waals surface area contributed by atoms with Gasteiger partial charge in [-0.25, -0.2) is 4.79 Å². The molecule has 0 bridgehead atoms. The van der Waals surface area contributed by atoms with Crippen LogP contribution in [0.25, 0.3) is 0 Å². The molecule has 0 heterocycles. The van der Waals surface area contributed by atoms with Crippen molar-refractivity contribution in [2.24, 2.45) is 0 Å². The smallest absolute Gasteiger partial charge is 0.652 e. The fraction of sp³-hybridized carbons (Fsp3) is 0. The Morgan fingerprint density at radius 1 is 1.11 bits per heavy atom. The molecular weight excluding hydrogens is 226 g/mol. The molecule has 9 heavy (non-hydrogen) atoms. The number of hydrogen-bond donors (Lipinski definition) is 2. The maximum Gasteiger partial charge on any atom is 2.00 e. The molecule has 0 rings (SSSR count). The Morgan fingerprint density at radius 2 is 1.11 bits per heavy atom. The first kappa shape index (κ1) is 15.7. The normalized spacial score (nSPS) is 5.33. The van der Waals surface area contributed by atoms with Crippen LogP contribution in [0.4, 0.5) is 9.59 Å². The summed E-state index contributed by atoms with van der Waals surface area (Å²) in [7, 11) is 0. The second kappa shape index (κ2) is 10.2. The van der Waals surface area contributed by atoms with Crippen molar-refractivity contribution >= 4 is 12.3 Å². The number of carboxylic acid groups (broad SMARTS) is 4. The zero-order valence-corrected chi connectivity index (χ0v) is 5.40. The Labute approximate surface area is 63.4 Å². The van der Waals surface area contributed by atoms with Crippen molar-refractivity contribution in [1.29, 1.82) is 0 Å². The first-order valence-corrected chi connectivity index (χ1v) is 1.26. The van der Waals surface area contributed by atoms with Crippen LogP contribution in [-0.4, -0.2) is 22.5 Å². The third-order valence-corrected chi connectivity index (χ3v) is 0. The van der Waals surface area contributed by atoms with Crippen LogP contribution in [0.15, 0.2) is 0 Å². The number of rotatable bonds is 0. The Balaban J connectivity index is -0.0000000720. The summed E-state index contributed by atoms with van der Waals surface area (Å²) < 4.78 is 0. The van der Waals surface area contributed by atoms with E-state index in [0.717, 1.165) is 0 Å². The summed E-state index contributed by atoms with van der Waals surface area (Å²) in [6, 6.07) is 0. The van der Waals surface area contributed by atoms with E-state index >= 15 is 0 Å². The standard InChI is InChI=1S/2CH2O3.Pd/c2*2-1(3)4;/h2*(H2,2,3,4);/q;;+2/p-2. The van der Waals surface area contributed by atoms with Crippen LogP contribution in [0, 0.1) is 0 Å². The SMILES string of the molecule is O=C(O)O.O=C([O-])[O-].[Pd+2]. The summed E-state index contributed by atoms with van der Waals surface area (Å²) in [5, 5.41) is 30.6. The van der Waals surface area contributed by atoms with Crippen LogP contribution in [0.3, 0.4) is 0 Å². The molecule has 0 fully saturated rings. The van der Waals surface area contributed by atoms with Crippen LogP contribution in [0.2, 0.25) is 0 Å². The maximum atomic E-state index is 8.56. The van der Waals surface area contributed by atoms with E-state index in [4.69, 9.17) is 30.0 Å². The first-order chi connectivity index (χ1) is 3.46. The zero-order chi connectivity index (χ0) is 7.15. The number of carbonyl (C=O) groups excluding carboxylic acids is 1. The van der Waals surface area contributed by atoms with Crippen LogP contribution in [0.1, 0.15) is 0 Å². The molecule has 0 aliphatic carbocycles. The van der Waals surface area contributed by atoms with Gasteiger partial charge in [0.25, 0.3) is 0 Å². The van der Waals surface area contributed by atoms with E-state index in [1.165, 1.54) is 0 Å². The largest absolute Gasteiger partial charge is 2.00 e. The van der Waals surface area contributed by atoms with Crippen LogP contribution in [0.5, 0.6) is 0 Å². The number of hydrogen-bond acceptors (Lipinski definition) is 4. The molecule has 6 nitrogen and oxygen atoms in total. The zero-order valence-electron chi connectivity index (χ0n) is 3.84. The van der Waals surface area contributed by atoms with Crippen molar-refractivity contribution in [3.8, 4) is 0 Å². The maximum absolute atomic E-state index is 8.56. The van der Waals surface area contributed by atoms with Gasteiger partial charge in [0.05, 0.1) is 0 Å². The number of carbonyl (C=O) groups is 2. The summed E-state index contributed by atoms with van der Waals surface area (Å²) >= 11 is 0. The fourth-order valence-corrected chi connectivity index (χ4v) is 0. The molecule has 0 spiro atoms. The van der Waals surface area contributed by atoms with Gasteiger partial charge in [0.2, 0.25) is 0 Å². The summed E-state index contributed by atoms with van der Waals surface area (Å²) in [5.74, 6) is 0. The van der Waals surface area contributed by atoms with Gasteiger partial charge in [0, 0.05) is 0 Å². The molecule has 0 aromatic heterocycles. The molecule has 0 aliphatic rings. The van der Waals surface area contributed by atoms with E-state index in [2.05, 4.69) is 0 Å². The van der Waals surface area contributed by atoms with Crippen molar-refractivity contribution in [2.45, 2.75) is 0 Å². The molecule has 7 heteroatoms. The van der Waals surface area contributed by atoms with Crippen LogP contribution in [-0.2, 0) is 20.4 Å². The van der Waals surface area contributed by atoms with Gasteiger partial charge in [-0.2, -0.15) is 0 Å². The van der Waals surface area contributed by atoms with Crippen molar-refractivity contribution in [1.82, 2.24) is 0 Å². The molecule has 0 atom stereocenters. The van der Waals surface area contributed by atoms with E-state index in [1.54, 1.807) is 0 Å². The Bertz CT molecular complexity index is 69.1. The minimum Gasteiger partial charge on any atom is -0.652 e. The van der Waals surface area contributed by atoms with Crippen LogP contribution >= 0.6 is 0 Å². The minimum absolute atomic E-state index is 0. The molecule has 0 saturated carbocycles. The third-order valence-electron chi connectivity index (χ3n) is 0. The van der Waals surface area contributed by atoms with Gasteiger partial charge in [-0.1, -0.05) is 0 Å². The van der Waals surface area contributed by atoms with E-state index in [9.17, 15) is 0 Å². The van der Waals surface area contributed by atoms with E-state index in [1.807, 2.05) is 0 Å². The first-order valence-electron chi connectivity index (χ1n) is 1.26. The van der Waals surface area contributed by atoms with E-state index < -0.39 is 12.3 Å². The van der Waals surface area contributed by atoms with Crippen LogP contribution < -0.4 is 10.2 Å². The predicted octanol–water partition coefficient (Wildman–Crippen LogP) is -2.23. The molecule has 0 amide bonds. The molecule has 0 aliphatic heterocycles. The summed E-state index contributed by atoms with van der Waals surface area (Å²) in [6.07, 6.45) is -4.17. The van der Waals surface area contributed by atoms with E-state index in [0.29, 0.717) is 0 Å². The Hall–Kier alpha value is -0.798. The molecular formula is C2H2O6Pd. The van der Waals surface area contributed by atoms with Gasteiger partial charge in [0.1, 0.15) is 0 Å². The van der Waals surface area contributed by atoms with Gasteiger partial charge in [-0.15, -0.1) is 0 Å². The summed E-state index contributed by atoms with van der Waals surface area (Å²) in [4.78, 5) is 16.9. The predicted molar refractivity (Wildman–Crippen MR) is 16.0 cm³/mol. The van der Waals surface area contributed by atoms with Crippen molar-refractivity contribution in [3.63, 3.8) is 0 Å². The van der Waals surface area contributed by atoms with Crippen molar-refractivity contribution in [3.05, 3.63) is 0 Å². The van der Waals surface area contributed by atoms with Crippen molar-refractivity contribution in [2.75, 3.05) is 0 Å². The summed E-state index contributed by atoms with van der Waals surface area (Å²) in [6.45, 7) is 0. The monoisotopic (exact) mass is 228 g/mol. The van der Waals surface area contributed by atoms with E-state index in [-0.39, 0.29) is 20.4 Å². The van der Waals surface area contributed by atoms with Gasteiger partial charge < -0.3 is 25.2 Å². The van der Waals surface area contributed by atoms with Gasteiger partial charge in [-0.05, 0) is 6.16 Å². The second-order valence-electron chi connectivity index (χ2n) is 0.533. The average molecular weight is 228 g/mol. The molecule has 0 unspecified atom stereocenters. The molecule has 0 aromatic carbocycles. The fourth-order valence-electron chi connectivity index (χ4n) is 0. The minimum atomic E-state index is -2.33. The van der Waals surface area contributed by atoms with Crippen molar-refractivity contribution < 1.29 is 50.4 Å². The van der Waals surface area contributed by atoms with Gasteiger partial charge >= 0.3 is 26.6 Å². The Morgan fingerprint density at radius 3 is 1.11 bits per heavy atom. The Kier molecular flexibility index (Phi) is 17.9.